The lowest BCUT2D eigenvalue weighted by atomic mass is 9.81. The predicted octanol–water partition coefficient (Wildman–Crippen LogP) is 2.25. The van der Waals surface area contributed by atoms with Crippen LogP contribution in [0.25, 0.3) is 0 Å². The van der Waals surface area contributed by atoms with Gasteiger partial charge in [-0.2, -0.15) is 0 Å². The van der Waals surface area contributed by atoms with Crippen LogP contribution >= 0.6 is 22.6 Å². The summed E-state index contributed by atoms with van der Waals surface area (Å²) in [7, 11) is 4.02. The zero-order valence-electron chi connectivity index (χ0n) is 11.7. The molecule has 2 atom stereocenters. The summed E-state index contributed by atoms with van der Waals surface area (Å²) in [6.07, 6.45) is 0.643. The average Bonchev–Trinajstić information content (AvgIpc) is 2.22. The molecule has 0 N–H and O–H groups in total. The molecule has 0 bridgehead atoms. The monoisotopic (exact) mass is 352 g/mol. The summed E-state index contributed by atoms with van der Waals surface area (Å²) in [4.78, 5) is 16.2. The van der Waals surface area contributed by atoms with Crippen molar-refractivity contribution >= 4 is 28.5 Å². The molecule has 0 aliphatic carbocycles. The number of carbonyl (C=O) groups is 1. The van der Waals surface area contributed by atoms with Crippen LogP contribution in [0.5, 0.6) is 0 Å². The van der Waals surface area contributed by atoms with E-state index in [2.05, 4.69) is 53.2 Å². The normalized spacial score (nSPS) is 34.2. The van der Waals surface area contributed by atoms with Crippen LogP contribution in [0.1, 0.15) is 27.2 Å². The predicted molar refractivity (Wildman–Crippen MR) is 80.5 cm³/mol. The number of hydrogen-bond acceptors (Lipinski definition) is 2. The van der Waals surface area contributed by atoms with E-state index in [0.29, 0.717) is 27.6 Å². The maximum Gasteiger partial charge on any atom is 0.223 e. The fourth-order valence-corrected chi connectivity index (χ4v) is 2.65. The third-order valence-electron chi connectivity index (χ3n) is 4.04. The molecule has 2 unspecified atom stereocenters. The Labute approximate surface area is 119 Å². The molecule has 1 heterocycles. The summed E-state index contributed by atoms with van der Waals surface area (Å²) in [6.45, 7) is 9.50. The van der Waals surface area contributed by atoms with E-state index >= 15 is 0 Å². The Morgan fingerprint density at radius 1 is 1.35 bits per heavy atom. The van der Waals surface area contributed by atoms with Crippen molar-refractivity contribution in [2.75, 3.05) is 33.7 Å². The number of alkyl halides is 1. The van der Waals surface area contributed by atoms with E-state index in [1.54, 1.807) is 0 Å². The Bertz CT molecular complexity index is 265. The van der Waals surface area contributed by atoms with Crippen LogP contribution < -0.4 is 0 Å². The Kier molecular flexibility index (Phi) is 5.25. The molecule has 0 aromatic carbocycles. The zero-order chi connectivity index (χ0) is 13.2. The molecule has 1 amide bonds. The van der Waals surface area contributed by atoms with Crippen LogP contribution in [0.15, 0.2) is 0 Å². The van der Waals surface area contributed by atoms with Crippen LogP contribution in [0.3, 0.4) is 0 Å². The summed E-state index contributed by atoms with van der Waals surface area (Å²) in [6, 6.07) is 0. The van der Waals surface area contributed by atoms with Gasteiger partial charge in [0.2, 0.25) is 5.91 Å². The fourth-order valence-electron chi connectivity index (χ4n) is 2.26. The van der Waals surface area contributed by atoms with Gasteiger partial charge in [0.25, 0.3) is 0 Å². The maximum atomic E-state index is 12.1. The second kappa shape index (κ2) is 5.87. The van der Waals surface area contributed by atoms with Gasteiger partial charge in [-0.05, 0) is 32.9 Å². The number of hydrogen-bond donors (Lipinski definition) is 0. The van der Waals surface area contributed by atoms with Gasteiger partial charge >= 0.3 is 0 Å². The van der Waals surface area contributed by atoms with Crippen molar-refractivity contribution in [1.82, 2.24) is 9.80 Å². The Morgan fingerprint density at radius 2 is 1.82 bits per heavy atom. The summed E-state index contributed by atoms with van der Waals surface area (Å²) in [5.74, 6) is 1.44. The van der Waals surface area contributed by atoms with E-state index in [9.17, 15) is 4.79 Å². The Morgan fingerprint density at radius 3 is 2.24 bits per heavy atom. The molecule has 0 radical (unpaired) electrons. The minimum atomic E-state index is 0.310. The van der Waals surface area contributed by atoms with Crippen LogP contribution in [0.4, 0.5) is 0 Å². The summed E-state index contributed by atoms with van der Waals surface area (Å²) in [5, 5.41) is 0. The fraction of sp³-hybridized carbons (Fsp3) is 0.923. The van der Waals surface area contributed by atoms with Gasteiger partial charge in [-0.25, -0.2) is 0 Å². The molecule has 0 aromatic heterocycles. The molecule has 1 fully saturated rings. The second-order valence-corrected chi connectivity index (χ2v) is 8.13. The molecule has 0 spiro atoms. The molecule has 0 aromatic rings. The molecule has 100 valence electrons. The van der Waals surface area contributed by atoms with Crippen molar-refractivity contribution in [3.63, 3.8) is 0 Å². The van der Waals surface area contributed by atoms with Gasteiger partial charge in [0, 0.05) is 29.5 Å². The van der Waals surface area contributed by atoms with Crippen molar-refractivity contribution in [2.24, 2.45) is 11.8 Å². The summed E-state index contributed by atoms with van der Waals surface area (Å²) < 4.78 is 0.316. The highest BCUT2D eigenvalue weighted by Gasteiger charge is 2.41. The lowest BCUT2D eigenvalue weighted by molar-refractivity contribution is -0.134. The molecule has 4 heteroatoms. The van der Waals surface area contributed by atoms with Gasteiger partial charge in [0.15, 0.2) is 0 Å². The maximum absolute atomic E-state index is 12.1. The van der Waals surface area contributed by atoms with E-state index in [1.807, 2.05) is 14.1 Å². The third kappa shape index (κ3) is 3.81. The largest absolute Gasteiger partial charge is 0.342 e. The van der Waals surface area contributed by atoms with Gasteiger partial charge in [-0.3, -0.25) is 4.79 Å². The second-order valence-electron chi connectivity index (χ2n) is 5.81. The van der Waals surface area contributed by atoms with Crippen LogP contribution in [0.2, 0.25) is 0 Å². The van der Waals surface area contributed by atoms with Crippen molar-refractivity contribution in [1.29, 1.82) is 0 Å². The number of amides is 1. The third-order valence-corrected chi connectivity index (χ3v) is 6.17. The van der Waals surface area contributed by atoms with Crippen LogP contribution in [0, 0.1) is 11.8 Å². The highest BCUT2D eigenvalue weighted by Crippen LogP contribution is 2.40. The molecule has 1 aliphatic heterocycles. The number of piperidine rings is 1. The first-order chi connectivity index (χ1) is 7.75. The first-order valence-corrected chi connectivity index (χ1v) is 7.44. The van der Waals surface area contributed by atoms with Gasteiger partial charge < -0.3 is 9.80 Å². The smallest absolute Gasteiger partial charge is 0.223 e. The molecular weight excluding hydrogens is 327 g/mol. The van der Waals surface area contributed by atoms with Crippen molar-refractivity contribution in [3.05, 3.63) is 0 Å². The van der Waals surface area contributed by atoms with Gasteiger partial charge in [0.05, 0.1) is 0 Å². The van der Waals surface area contributed by atoms with Gasteiger partial charge in [-0.1, -0.05) is 36.4 Å². The van der Waals surface area contributed by atoms with Gasteiger partial charge in [-0.15, -0.1) is 0 Å². The first kappa shape index (κ1) is 15.2. The highest BCUT2D eigenvalue weighted by atomic mass is 127. The number of rotatable bonds is 3. The molecule has 1 saturated heterocycles. The lowest BCUT2D eigenvalue weighted by Gasteiger charge is -2.46. The first-order valence-electron chi connectivity index (χ1n) is 6.36. The highest BCUT2D eigenvalue weighted by molar-refractivity contribution is 14.1. The van der Waals surface area contributed by atoms with Crippen LogP contribution in [-0.2, 0) is 4.79 Å². The van der Waals surface area contributed by atoms with Crippen LogP contribution in [-0.4, -0.2) is 52.9 Å². The Hall–Kier alpha value is 0.160. The van der Waals surface area contributed by atoms with E-state index < -0.39 is 0 Å². The molecule has 0 saturated carbocycles. The quantitative estimate of drug-likeness (QED) is 0.575. The number of halogens is 1. The standard InChI is InChI=1S/C13H25IN2O/c1-10-8-16(9-11(2)13(10,3)14)12(17)6-7-15(4)5/h10-11H,6-9H2,1-5H3. The summed E-state index contributed by atoms with van der Waals surface area (Å²) in [5.41, 5.74) is 0. The molecular formula is C13H25IN2O. The summed E-state index contributed by atoms with van der Waals surface area (Å²) >= 11 is 2.56. The minimum absolute atomic E-state index is 0.310. The van der Waals surface area contributed by atoms with E-state index in [0.717, 1.165) is 19.6 Å². The van der Waals surface area contributed by atoms with Crippen molar-refractivity contribution in [3.8, 4) is 0 Å². The van der Waals surface area contributed by atoms with Crippen molar-refractivity contribution < 1.29 is 4.79 Å². The SMILES string of the molecule is CC1CN(C(=O)CCN(C)C)CC(C)C1(C)I. The molecule has 17 heavy (non-hydrogen) atoms. The number of carbonyl (C=O) groups excluding carboxylic acids is 1. The molecule has 3 nitrogen and oxygen atoms in total. The zero-order valence-corrected chi connectivity index (χ0v) is 13.8. The number of nitrogens with zero attached hydrogens (tertiary/aromatic N) is 2. The topological polar surface area (TPSA) is 23.6 Å². The molecule has 1 rings (SSSR count). The van der Waals surface area contributed by atoms with E-state index in [4.69, 9.17) is 0 Å². The minimum Gasteiger partial charge on any atom is -0.342 e. The average molecular weight is 352 g/mol. The Balaban J connectivity index is 2.55. The molecule has 1 aliphatic rings. The van der Waals surface area contributed by atoms with E-state index in [-0.39, 0.29) is 0 Å². The lowest BCUT2D eigenvalue weighted by Crippen LogP contribution is -2.53. The van der Waals surface area contributed by atoms with Gasteiger partial charge in [0.1, 0.15) is 0 Å². The van der Waals surface area contributed by atoms with E-state index in [1.165, 1.54) is 0 Å². The van der Waals surface area contributed by atoms with Crippen molar-refractivity contribution in [2.45, 2.75) is 30.6 Å². The number of likely N-dealkylation sites (tertiary alicyclic amines) is 1.